The second kappa shape index (κ2) is 9.16. The molecule has 2 amide bonds. The number of methoxy groups -OCH3 is 1. The summed E-state index contributed by atoms with van der Waals surface area (Å²) in [6, 6.07) is 15.9. The Morgan fingerprint density at radius 1 is 1.04 bits per heavy atom. The summed E-state index contributed by atoms with van der Waals surface area (Å²) < 4.78 is 10.8. The molecular formula is C21H27N3O3. The van der Waals surface area contributed by atoms with Crippen LogP contribution in [0.2, 0.25) is 0 Å². The lowest BCUT2D eigenvalue weighted by Crippen LogP contribution is -2.52. The standard InChI is InChI=1S/C21H27N3O3/c1-17-5-3-6-18(15-17)23-10-12-24(13-11-23)21(25)22-9-14-27-20-8-4-7-19(16-20)26-2/h3-8,15-16H,9-14H2,1-2H3,(H,22,25). The predicted molar refractivity (Wildman–Crippen MR) is 107 cm³/mol. The van der Waals surface area contributed by atoms with Crippen LogP contribution in [0.1, 0.15) is 5.56 Å². The molecule has 1 aliphatic heterocycles. The Hall–Kier alpha value is -2.89. The molecule has 3 rings (SSSR count). The molecule has 1 N–H and O–H groups in total. The third-order valence-corrected chi connectivity index (χ3v) is 4.62. The minimum Gasteiger partial charge on any atom is -0.497 e. The summed E-state index contributed by atoms with van der Waals surface area (Å²) in [5.41, 5.74) is 2.48. The van der Waals surface area contributed by atoms with E-state index in [1.54, 1.807) is 7.11 Å². The quantitative estimate of drug-likeness (QED) is 0.796. The van der Waals surface area contributed by atoms with Gasteiger partial charge in [-0.3, -0.25) is 0 Å². The van der Waals surface area contributed by atoms with Crippen molar-refractivity contribution in [1.29, 1.82) is 0 Å². The minimum absolute atomic E-state index is 0.0341. The first-order valence-corrected chi connectivity index (χ1v) is 9.27. The lowest BCUT2D eigenvalue weighted by atomic mass is 10.2. The molecule has 144 valence electrons. The molecule has 6 heteroatoms. The second-order valence-electron chi connectivity index (χ2n) is 6.57. The summed E-state index contributed by atoms with van der Waals surface area (Å²) in [4.78, 5) is 16.5. The molecule has 1 fully saturated rings. The Bertz CT molecular complexity index is 758. The van der Waals surface area contributed by atoms with E-state index >= 15 is 0 Å². The Balaban J connectivity index is 1.38. The highest BCUT2D eigenvalue weighted by atomic mass is 16.5. The molecule has 6 nitrogen and oxygen atoms in total. The lowest BCUT2D eigenvalue weighted by molar-refractivity contribution is 0.191. The van der Waals surface area contributed by atoms with Gasteiger partial charge in [0.1, 0.15) is 18.1 Å². The Kier molecular flexibility index (Phi) is 6.41. The number of benzene rings is 2. The number of hydrogen-bond acceptors (Lipinski definition) is 4. The van der Waals surface area contributed by atoms with Crippen LogP contribution in [0.25, 0.3) is 0 Å². The van der Waals surface area contributed by atoms with Crippen molar-refractivity contribution in [3.05, 3.63) is 54.1 Å². The molecule has 0 bridgehead atoms. The fourth-order valence-electron chi connectivity index (χ4n) is 3.12. The molecule has 0 aliphatic carbocycles. The largest absolute Gasteiger partial charge is 0.497 e. The zero-order valence-electron chi connectivity index (χ0n) is 16.0. The monoisotopic (exact) mass is 369 g/mol. The van der Waals surface area contributed by atoms with Crippen LogP contribution < -0.4 is 19.7 Å². The summed E-state index contributed by atoms with van der Waals surface area (Å²) in [5.74, 6) is 1.48. The van der Waals surface area contributed by atoms with Crippen molar-refractivity contribution in [1.82, 2.24) is 10.2 Å². The summed E-state index contributed by atoms with van der Waals surface area (Å²) in [5, 5.41) is 2.93. The van der Waals surface area contributed by atoms with Crippen LogP contribution in [0.3, 0.4) is 0 Å². The van der Waals surface area contributed by atoms with Gasteiger partial charge in [0.15, 0.2) is 0 Å². The summed E-state index contributed by atoms with van der Waals surface area (Å²) in [6.45, 7) is 6.11. The van der Waals surface area contributed by atoms with Gasteiger partial charge in [-0.25, -0.2) is 4.79 Å². The third-order valence-electron chi connectivity index (χ3n) is 4.62. The average Bonchev–Trinajstić information content (AvgIpc) is 2.71. The maximum atomic E-state index is 12.3. The SMILES string of the molecule is COc1cccc(OCCNC(=O)N2CCN(c3cccc(C)c3)CC2)c1. The van der Waals surface area contributed by atoms with E-state index in [2.05, 4.69) is 41.4 Å². The van der Waals surface area contributed by atoms with E-state index in [9.17, 15) is 4.79 Å². The van der Waals surface area contributed by atoms with Gasteiger partial charge in [0, 0.05) is 37.9 Å². The van der Waals surface area contributed by atoms with E-state index in [0.717, 1.165) is 37.7 Å². The zero-order chi connectivity index (χ0) is 19.1. The number of aryl methyl sites for hydroxylation is 1. The normalized spacial score (nSPS) is 14.0. The van der Waals surface area contributed by atoms with E-state index in [1.165, 1.54) is 11.3 Å². The number of piperazine rings is 1. The molecule has 0 unspecified atom stereocenters. The number of urea groups is 1. The molecule has 27 heavy (non-hydrogen) atoms. The van der Waals surface area contributed by atoms with Gasteiger partial charge < -0.3 is 24.6 Å². The van der Waals surface area contributed by atoms with Crippen LogP contribution in [0.4, 0.5) is 10.5 Å². The minimum atomic E-state index is -0.0341. The van der Waals surface area contributed by atoms with Crippen molar-refractivity contribution < 1.29 is 14.3 Å². The van der Waals surface area contributed by atoms with Gasteiger partial charge in [0.05, 0.1) is 13.7 Å². The molecule has 1 saturated heterocycles. The molecule has 0 saturated carbocycles. The van der Waals surface area contributed by atoms with Crippen LogP contribution in [-0.2, 0) is 0 Å². The van der Waals surface area contributed by atoms with E-state index < -0.39 is 0 Å². The highest BCUT2D eigenvalue weighted by Gasteiger charge is 2.21. The summed E-state index contributed by atoms with van der Waals surface area (Å²) in [7, 11) is 1.62. The van der Waals surface area contributed by atoms with Crippen molar-refractivity contribution in [3.63, 3.8) is 0 Å². The van der Waals surface area contributed by atoms with Gasteiger partial charge in [-0.2, -0.15) is 0 Å². The lowest BCUT2D eigenvalue weighted by Gasteiger charge is -2.36. The van der Waals surface area contributed by atoms with E-state index in [-0.39, 0.29) is 6.03 Å². The number of ether oxygens (including phenoxy) is 2. The van der Waals surface area contributed by atoms with Gasteiger partial charge >= 0.3 is 6.03 Å². The number of carbonyl (C=O) groups excluding carboxylic acids is 1. The smallest absolute Gasteiger partial charge is 0.317 e. The van der Waals surface area contributed by atoms with Crippen LogP contribution in [0.15, 0.2) is 48.5 Å². The highest BCUT2D eigenvalue weighted by molar-refractivity contribution is 5.74. The van der Waals surface area contributed by atoms with Gasteiger partial charge in [-0.15, -0.1) is 0 Å². The Morgan fingerprint density at radius 3 is 2.52 bits per heavy atom. The van der Waals surface area contributed by atoms with Crippen molar-refractivity contribution in [2.24, 2.45) is 0 Å². The average molecular weight is 369 g/mol. The van der Waals surface area contributed by atoms with Gasteiger partial charge in [-0.1, -0.05) is 18.2 Å². The Labute approximate surface area is 160 Å². The number of carbonyl (C=O) groups is 1. The molecule has 0 atom stereocenters. The number of nitrogens with zero attached hydrogens (tertiary/aromatic N) is 2. The number of amides is 2. The molecule has 2 aromatic carbocycles. The molecule has 1 heterocycles. The van der Waals surface area contributed by atoms with Gasteiger partial charge in [-0.05, 0) is 36.8 Å². The van der Waals surface area contributed by atoms with Crippen LogP contribution in [0.5, 0.6) is 11.5 Å². The highest BCUT2D eigenvalue weighted by Crippen LogP contribution is 2.19. The summed E-state index contributed by atoms with van der Waals surface area (Å²) >= 11 is 0. The number of hydrogen-bond donors (Lipinski definition) is 1. The van der Waals surface area contributed by atoms with Crippen LogP contribution >= 0.6 is 0 Å². The first-order chi connectivity index (χ1) is 13.2. The van der Waals surface area contributed by atoms with Crippen LogP contribution in [-0.4, -0.2) is 57.4 Å². The number of anilines is 1. The molecule has 2 aromatic rings. The number of nitrogens with one attached hydrogen (secondary N) is 1. The van der Waals surface area contributed by atoms with E-state index in [4.69, 9.17) is 9.47 Å². The van der Waals surface area contributed by atoms with Crippen molar-refractivity contribution in [3.8, 4) is 11.5 Å². The molecular weight excluding hydrogens is 342 g/mol. The molecule has 1 aliphatic rings. The predicted octanol–water partition coefficient (Wildman–Crippen LogP) is 2.91. The Morgan fingerprint density at radius 2 is 1.78 bits per heavy atom. The molecule has 0 spiro atoms. The fourth-order valence-corrected chi connectivity index (χ4v) is 3.12. The first-order valence-electron chi connectivity index (χ1n) is 9.27. The van der Waals surface area contributed by atoms with Crippen molar-refractivity contribution in [2.75, 3.05) is 51.3 Å². The molecule has 0 aromatic heterocycles. The van der Waals surface area contributed by atoms with Crippen LogP contribution in [0, 0.1) is 6.92 Å². The van der Waals surface area contributed by atoms with Gasteiger partial charge in [0.2, 0.25) is 0 Å². The topological polar surface area (TPSA) is 54.0 Å². The van der Waals surface area contributed by atoms with Gasteiger partial charge in [0.25, 0.3) is 0 Å². The maximum Gasteiger partial charge on any atom is 0.317 e. The van der Waals surface area contributed by atoms with E-state index in [0.29, 0.717) is 13.2 Å². The maximum absolute atomic E-state index is 12.3. The zero-order valence-corrected chi connectivity index (χ0v) is 16.0. The van der Waals surface area contributed by atoms with Crippen molar-refractivity contribution >= 4 is 11.7 Å². The van der Waals surface area contributed by atoms with Crippen molar-refractivity contribution in [2.45, 2.75) is 6.92 Å². The second-order valence-corrected chi connectivity index (χ2v) is 6.57. The summed E-state index contributed by atoms with van der Waals surface area (Å²) in [6.07, 6.45) is 0. The van der Waals surface area contributed by atoms with E-state index in [1.807, 2.05) is 29.2 Å². The number of rotatable bonds is 6. The fraction of sp³-hybridized carbons (Fsp3) is 0.381. The third kappa shape index (κ3) is 5.29. The molecule has 0 radical (unpaired) electrons. The first kappa shape index (κ1) is 18.9.